The van der Waals surface area contributed by atoms with E-state index in [2.05, 4.69) is 22.6 Å². The molecule has 1 heterocycles. The van der Waals surface area contributed by atoms with E-state index >= 15 is 0 Å². The molecule has 2 aromatic carbocycles. The van der Waals surface area contributed by atoms with Gasteiger partial charge in [0.2, 0.25) is 0 Å². The third-order valence-electron chi connectivity index (χ3n) is 5.06. The lowest BCUT2D eigenvalue weighted by molar-refractivity contribution is -0.179. The Hall–Kier alpha value is -2.18. The van der Waals surface area contributed by atoms with Crippen LogP contribution in [-0.4, -0.2) is 18.2 Å². The van der Waals surface area contributed by atoms with Gasteiger partial charge in [0.25, 0.3) is 0 Å². The van der Waals surface area contributed by atoms with Crippen LogP contribution < -0.4 is 10.3 Å². The summed E-state index contributed by atoms with van der Waals surface area (Å²) >= 11 is 4.09. The zero-order valence-electron chi connectivity index (χ0n) is 16.7. The molecule has 4 rings (SSSR count). The van der Waals surface area contributed by atoms with Crippen LogP contribution in [0.2, 0.25) is 0 Å². The lowest BCUT2D eigenvalue weighted by Crippen LogP contribution is -2.12. The van der Waals surface area contributed by atoms with Crippen molar-refractivity contribution in [2.24, 2.45) is 0 Å². The van der Waals surface area contributed by atoms with Crippen LogP contribution in [0.25, 0.3) is 33.4 Å². The van der Waals surface area contributed by atoms with Gasteiger partial charge in [-0.1, -0.05) is 18.2 Å². The molecule has 1 aliphatic heterocycles. The molecule has 2 aromatic rings. The summed E-state index contributed by atoms with van der Waals surface area (Å²) in [5.41, 5.74) is 3.82. The molecule has 31 heavy (non-hydrogen) atoms. The second kappa shape index (κ2) is 8.40. The largest absolute Gasteiger partial charge is 0.478 e. The number of benzene rings is 3. The van der Waals surface area contributed by atoms with Gasteiger partial charge in [0.05, 0.1) is 12.7 Å². The smallest absolute Gasteiger partial charge is 0.336 e. The maximum atomic E-state index is 12.6. The molecule has 1 aliphatic carbocycles. The predicted molar refractivity (Wildman–Crippen MR) is 134 cm³/mol. The first kappa shape index (κ1) is 22.0. The van der Waals surface area contributed by atoms with Crippen LogP contribution in [0.5, 0.6) is 5.75 Å². The fourth-order valence-corrected chi connectivity index (χ4v) is 5.41. The van der Waals surface area contributed by atoms with E-state index < -0.39 is 5.97 Å². The third kappa shape index (κ3) is 3.60. The summed E-state index contributed by atoms with van der Waals surface area (Å²) in [4.78, 5) is 34.9. The zero-order valence-corrected chi connectivity index (χ0v) is 21.0. The summed E-state index contributed by atoms with van der Waals surface area (Å²) in [5.74, 6) is -0.125. The van der Waals surface area contributed by atoms with E-state index in [4.69, 9.17) is 14.2 Å². The molecule has 0 spiro atoms. The maximum Gasteiger partial charge on any atom is 0.336 e. The highest BCUT2D eigenvalue weighted by atomic mass is 127. The van der Waals surface area contributed by atoms with Gasteiger partial charge in [0, 0.05) is 16.5 Å². The molecule has 0 radical (unpaired) electrons. The fourth-order valence-electron chi connectivity index (χ4n) is 3.67. The Balaban J connectivity index is 2.30. The number of fused-ring (bicyclic) bond motifs is 2. The summed E-state index contributed by atoms with van der Waals surface area (Å²) in [6, 6.07) is 10.5. The summed E-state index contributed by atoms with van der Waals surface area (Å²) in [6.07, 6.45) is 0. The van der Waals surface area contributed by atoms with E-state index in [1.165, 1.54) is 7.11 Å². The van der Waals surface area contributed by atoms with E-state index in [0.29, 0.717) is 46.5 Å². The van der Waals surface area contributed by atoms with Crippen molar-refractivity contribution in [3.05, 3.63) is 70.5 Å². The van der Waals surface area contributed by atoms with Crippen molar-refractivity contribution < 1.29 is 24.1 Å². The minimum absolute atomic E-state index is 0.121. The number of rotatable bonds is 4. The number of carbonyl (C=O) groups is 1. The van der Waals surface area contributed by atoms with Gasteiger partial charge in [0.1, 0.15) is 7.14 Å². The van der Waals surface area contributed by atoms with Crippen LogP contribution in [-0.2, 0) is 4.89 Å². The molecule has 0 aromatic heterocycles. The Morgan fingerprint density at radius 1 is 1.03 bits per heavy atom. The first-order valence-corrected chi connectivity index (χ1v) is 11.3. The molecule has 0 saturated heterocycles. The number of carboxylic acids is 1. The molecule has 1 N–H and O–H groups in total. The van der Waals surface area contributed by atoms with E-state index in [9.17, 15) is 14.7 Å². The average Bonchev–Trinajstić information content (AvgIpc) is 2.74. The second-order valence-corrected chi connectivity index (χ2v) is 9.16. The highest BCUT2D eigenvalue weighted by Gasteiger charge is 2.27. The second-order valence-electron chi connectivity index (χ2n) is 7.00. The lowest BCUT2D eigenvalue weighted by Gasteiger charge is -2.20. The SMILES string of the molecule is COOc1c(C)cc2c(-c3ccccc3C(=O)O)c3cc(C)c(=O)c(I)c-3oc2c1I. The number of aryl methyl sites for hydroxylation is 2. The molecule has 0 fully saturated rings. The van der Waals surface area contributed by atoms with Gasteiger partial charge in [-0.15, -0.1) is 0 Å². The molecular formula is C23H16I2O6. The van der Waals surface area contributed by atoms with Crippen LogP contribution in [0.1, 0.15) is 21.5 Å². The first-order chi connectivity index (χ1) is 14.8. The van der Waals surface area contributed by atoms with Gasteiger partial charge in [0.15, 0.2) is 22.5 Å². The van der Waals surface area contributed by atoms with Gasteiger partial charge in [-0.05, 0) is 93.9 Å². The summed E-state index contributed by atoms with van der Waals surface area (Å²) in [5, 5.41) is 10.6. The maximum absolute atomic E-state index is 12.6. The highest BCUT2D eigenvalue weighted by molar-refractivity contribution is 14.1. The van der Waals surface area contributed by atoms with E-state index in [0.717, 1.165) is 10.9 Å². The first-order valence-electron chi connectivity index (χ1n) is 9.18. The molecular weight excluding hydrogens is 626 g/mol. The van der Waals surface area contributed by atoms with Crippen LogP contribution >= 0.6 is 45.2 Å². The van der Waals surface area contributed by atoms with Gasteiger partial charge >= 0.3 is 5.97 Å². The number of aromatic carboxylic acids is 1. The van der Waals surface area contributed by atoms with Gasteiger partial charge in [-0.3, -0.25) is 4.79 Å². The summed E-state index contributed by atoms with van der Waals surface area (Å²) < 4.78 is 7.35. The molecule has 0 atom stereocenters. The number of hydrogen-bond donors (Lipinski definition) is 1. The van der Waals surface area contributed by atoms with Crippen molar-refractivity contribution >= 4 is 62.1 Å². The molecule has 8 heteroatoms. The van der Waals surface area contributed by atoms with Crippen LogP contribution in [0.3, 0.4) is 0 Å². The number of carboxylic acid groups (broad SMARTS) is 1. The minimum Gasteiger partial charge on any atom is -0.478 e. The van der Waals surface area contributed by atoms with E-state index in [-0.39, 0.29) is 11.0 Å². The standard InChI is InChI=1S/C23H16I2O6/c1-10-8-14-16(12-6-4-5-7-13(12)23(27)28)15-9-11(2)20(31-29-3)18(25)22(15)30-21(14)17(24)19(10)26/h4-9H,1-3H3,(H,27,28). The molecule has 0 saturated carbocycles. The molecule has 2 aliphatic rings. The minimum atomic E-state index is -1.03. The normalized spacial score (nSPS) is 11.3. The van der Waals surface area contributed by atoms with Crippen molar-refractivity contribution in [1.82, 2.24) is 0 Å². The Morgan fingerprint density at radius 2 is 1.74 bits per heavy atom. The van der Waals surface area contributed by atoms with Crippen LogP contribution in [0, 0.1) is 21.0 Å². The fraction of sp³-hybridized carbons (Fsp3) is 0.130. The molecule has 0 bridgehead atoms. The lowest BCUT2D eigenvalue weighted by atomic mass is 9.89. The monoisotopic (exact) mass is 642 g/mol. The molecule has 0 unspecified atom stereocenters. The number of halogens is 2. The Kier molecular flexibility index (Phi) is 5.97. The van der Waals surface area contributed by atoms with Crippen LogP contribution in [0.15, 0.2) is 45.6 Å². The topological polar surface area (TPSA) is 86.0 Å². The predicted octanol–water partition coefficient (Wildman–Crippen LogP) is 6.03. The van der Waals surface area contributed by atoms with Crippen molar-refractivity contribution in [2.45, 2.75) is 13.8 Å². The van der Waals surface area contributed by atoms with Crippen molar-refractivity contribution in [1.29, 1.82) is 0 Å². The summed E-state index contributed by atoms with van der Waals surface area (Å²) in [7, 11) is 1.42. The molecule has 0 amide bonds. The molecule has 158 valence electrons. The number of hydrogen-bond acceptors (Lipinski definition) is 5. The van der Waals surface area contributed by atoms with E-state index in [1.807, 2.05) is 35.6 Å². The van der Waals surface area contributed by atoms with Crippen molar-refractivity contribution in [3.63, 3.8) is 0 Å². The van der Waals surface area contributed by atoms with Crippen LogP contribution in [0.4, 0.5) is 0 Å². The van der Waals surface area contributed by atoms with Gasteiger partial charge in [-0.2, -0.15) is 4.89 Å². The van der Waals surface area contributed by atoms with E-state index in [1.54, 1.807) is 37.3 Å². The third-order valence-corrected chi connectivity index (χ3v) is 7.02. The summed E-state index contributed by atoms with van der Waals surface area (Å²) in [6.45, 7) is 3.62. The molecule has 6 nitrogen and oxygen atoms in total. The zero-order chi connectivity index (χ0) is 22.4. The van der Waals surface area contributed by atoms with Gasteiger partial charge < -0.3 is 14.4 Å². The Morgan fingerprint density at radius 3 is 2.42 bits per heavy atom. The Bertz CT molecular complexity index is 1390. The quantitative estimate of drug-likeness (QED) is 0.127. The van der Waals surface area contributed by atoms with Crippen molar-refractivity contribution in [3.8, 4) is 28.2 Å². The van der Waals surface area contributed by atoms with Crippen molar-refractivity contribution in [2.75, 3.05) is 7.11 Å². The van der Waals surface area contributed by atoms with Gasteiger partial charge in [-0.25, -0.2) is 4.79 Å². The highest BCUT2D eigenvalue weighted by Crippen LogP contribution is 2.46. The average molecular weight is 642 g/mol. The Labute approximate surface area is 204 Å².